The van der Waals surface area contributed by atoms with Gasteiger partial charge in [0.05, 0.1) is 62.3 Å². The van der Waals surface area contributed by atoms with Gasteiger partial charge in [0, 0.05) is 60.7 Å². The Hall–Kier alpha value is -3.16. The number of benzene rings is 2. The van der Waals surface area contributed by atoms with Gasteiger partial charge in [-0.3, -0.25) is 0 Å². The number of hydrogen-bond acceptors (Lipinski definition) is 4. The van der Waals surface area contributed by atoms with Crippen molar-refractivity contribution < 1.29 is 18.4 Å². The molecule has 11 aliphatic rings. The number of aryl methyl sites for hydroxylation is 4. The van der Waals surface area contributed by atoms with Crippen LogP contribution in [-0.2, 0) is 20.3 Å². The van der Waals surface area contributed by atoms with Gasteiger partial charge in [0.1, 0.15) is 37.6 Å². The third kappa shape index (κ3) is 3.27. The van der Waals surface area contributed by atoms with Crippen LogP contribution < -0.4 is 9.80 Å². The maximum atomic E-state index is 7.63. The lowest BCUT2D eigenvalue weighted by atomic mass is 9.52. The number of ether oxygens (including phenoxy) is 2. The highest BCUT2D eigenvalue weighted by Crippen LogP contribution is 2.73. The molecule has 0 radical (unpaired) electrons. The van der Waals surface area contributed by atoms with E-state index in [1.165, 1.54) is 81.4 Å². The van der Waals surface area contributed by atoms with E-state index < -0.39 is 0 Å². The number of nitrogens with zero attached hydrogens (tertiary/aromatic N) is 4. The minimum absolute atomic E-state index is 0.0215. The third-order valence-electron chi connectivity index (χ3n) is 18.9. The number of quaternary nitrogens is 2. The topological polar surface area (TPSA) is 24.9 Å². The summed E-state index contributed by atoms with van der Waals surface area (Å²) >= 11 is 0. The molecular weight excluding hydrogens is 665 g/mol. The molecule has 54 heavy (non-hydrogen) atoms. The van der Waals surface area contributed by atoms with Gasteiger partial charge in [0.25, 0.3) is 0 Å². The first-order chi connectivity index (χ1) is 26.2. The second-order valence-corrected chi connectivity index (χ2v) is 20.2. The molecule has 0 amide bonds. The molecule has 2 spiro atoms. The van der Waals surface area contributed by atoms with Crippen molar-refractivity contribution in [3.63, 3.8) is 0 Å². The molecule has 0 aromatic heterocycles. The fraction of sp³-hybridized carbons (Fsp3) is 0.583. The number of anilines is 2. The zero-order valence-corrected chi connectivity index (χ0v) is 32.9. The second-order valence-electron chi connectivity index (χ2n) is 20.2. The van der Waals surface area contributed by atoms with Crippen LogP contribution in [0.4, 0.5) is 11.4 Å². The van der Waals surface area contributed by atoms with Crippen molar-refractivity contribution in [2.75, 3.05) is 62.3 Å². The van der Waals surface area contributed by atoms with E-state index in [2.05, 4.69) is 99.2 Å². The summed E-state index contributed by atoms with van der Waals surface area (Å²) in [5.41, 5.74) is 15.5. The second kappa shape index (κ2) is 10.0. The highest BCUT2D eigenvalue weighted by molar-refractivity contribution is 5.73. The Bertz CT molecular complexity index is 2020. The third-order valence-corrected chi connectivity index (χ3v) is 18.9. The zero-order valence-electron chi connectivity index (χ0n) is 32.9. The van der Waals surface area contributed by atoms with E-state index in [-0.39, 0.29) is 23.3 Å². The number of rotatable bonds is 4. The molecule has 9 heterocycles. The minimum atomic E-state index is 0.0215. The Morgan fingerprint density at radius 1 is 0.667 bits per heavy atom. The Morgan fingerprint density at radius 2 is 1.09 bits per heavy atom. The van der Waals surface area contributed by atoms with Crippen LogP contribution in [0.25, 0.3) is 0 Å². The Kier molecular flexibility index (Phi) is 5.94. The van der Waals surface area contributed by atoms with Crippen molar-refractivity contribution in [2.24, 2.45) is 23.7 Å². The molecule has 2 aromatic carbocycles. The molecule has 2 aromatic rings. The van der Waals surface area contributed by atoms with Gasteiger partial charge in [-0.05, 0) is 96.5 Å². The van der Waals surface area contributed by atoms with Crippen molar-refractivity contribution in [3.05, 3.63) is 106 Å². The van der Waals surface area contributed by atoms with Crippen LogP contribution in [0.15, 0.2) is 72.9 Å². The predicted octanol–water partition coefficient (Wildman–Crippen LogP) is 6.90. The molecule has 2 aliphatic carbocycles. The van der Waals surface area contributed by atoms with Crippen LogP contribution in [-0.4, -0.2) is 98.1 Å². The van der Waals surface area contributed by atoms with E-state index in [1.54, 1.807) is 22.3 Å². The number of hydrogen-bond donors (Lipinski definition) is 0. The molecule has 280 valence electrons. The highest BCUT2D eigenvalue weighted by Gasteiger charge is 2.80. The summed E-state index contributed by atoms with van der Waals surface area (Å²) in [4.78, 5) is 6.04. The van der Waals surface area contributed by atoms with Crippen molar-refractivity contribution in [1.82, 2.24) is 0 Å². The van der Waals surface area contributed by atoms with Crippen molar-refractivity contribution >= 4 is 11.4 Å². The van der Waals surface area contributed by atoms with Crippen molar-refractivity contribution in [1.29, 1.82) is 0 Å². The van der Waals surface area contributed by atoms with Gasteiger partial charge in [0.2, 0.25) is 0 Å². The number of fused-ring (bicyclic) bond motifs is 6. The Balaban J connectivity index is 1.14. The maximum Gasteiger partial charge on any atom is 0.136 e. The molecular formula is C48H58N4O2+2. The average Bonchev–Trinajstić information content (AvgIpc) is 3.75. The predicted molar refractivity (Wildman–Crippen MR) is 213 cm³/mol. The van der Waals surface area contributed by atoms with Gasteiger partial charge in [-0.1, -0.05) is 37.4 Å². The monoisotopic (exact) mass is 722 g/mol. The van der Waals surface area contributed by atoms with E-state index in [4.69, 9.17) is 9.47 Å². The summed E-state index contributed by atoms with van der Waals surface area (Å²) in [6, 6.07) is 12.4. The first-order valence-corrected chi connectivity index (χ1v) is 21.6. The molecule has 9 aliphatic heterocycles. The summed E-state index contributed by atoms with van der Waals surface area (Å²) in [6.45, 7) is 26.6. The summed E-state index contributed by atoms with van der Waals surface area (Å²) < 4.78 is 17.6. The lowest BCUT2D eigenvalue weighted by Crippen LogP contribution is -2.78. The summed E-state index contributed by atoms with van der Waals surface area (Å²) in [5, 5.41) is 0. The smallest absolute Gasteiger partial charge is 0.136 e. The molecule has 13 rings (SSSR count). The van der Waals surface area contributed by atoms with Crippen LogP contribution in [0.3, 0.4) is 0 Å². The molecule has 7 fully saturated rings. The van der Waals surface area contributed by atoms with Crippen LogP contribution in [0.1, 0.15) is 59.1 Å². The van der Waals surface area contributed by atoms with Crippen LogP contribution >= 0.6 is 0 Å². The normalized spacial score (nSPS) is 47.1. The number of piperidine rings is 2. The molecule has 2 unspecified atom stereocenters. The fourth-order valence-electron chi connectivity index (χ4n) is 17.0. The van der Waals surface area contributed by atoms with E-state index in [0.717, 1.165) is 26.2 Å². The van der Waals surface area contributed by atoms with Gasteiger partial charge >= 0.3 is 0 Å². The Morgan fingerprint density at radius 3 is 1.52 bits per heavy atom. The molecule has 6 heteroatoms. The van der Waals surface area contributed by atoms with E-state index >= 15 is 0 Å². The molecule has 2 saturated carbocycles. The van der Waals surface area contributed by atoms with Crippen LogP contribution in [0.2, 0.25) is 0 Å². The molecule has 4 bridgehead atoms. The maximum absolute atomic E-state index is 7.63. The lowest BCUT2D eigenvalue weighted by molar-refractivity contribution is -0.938. The van der Waals surface area contributed by atoms with Gasteiger partial charge < -0.3 is 28.2 Å². The zero-order chi connectivity index (χ0) is 36.3. The molecule has 14 atom stereocenters. The molecule has 0 N–H and O–H groups in total. The molecule has 5 saturated heterocycles. The van der Waals surface area contributed by atoms with Gasteiger partial charge in [0.15, 0.2) is 0 Å². The van der Waals surface area contributed by atoms with Crippen LogP contribution in [0.5, 0.6) is 0 Å². The fourth-order valence-corrected chi connectivity index (χ4v) is 17.0. The largest absolute Gasteiger partial charge is 0.354 e. The minimum Gasteiger partial charge on any atom is -0.354 e. The quantitative estimate of drug-likeness (QED) is 0.254. The van der Waals surface area contributed by atoms with Crippen LogP contribution in [0, 0.1) is 51.4 Å². The highest BCUT2D eigenvalue weighted by atomic mass is 16.5. The SMILES string of the molecule is C=CC[N+]12CC[C@@]34c5cc(C)c(C)cc5N5[C@@H]6OCC=C7C[N+]8(CC=C)CC[C@]9%10c%11cc(C)c(C)cc%11N([C@@H]%11OCC=C(C1)[C@H](C[C@@H]32)[C@@H]%11[C@H]54)[C@H]9[C@H]6[C@H]7C[C@@H]%108. The van der Waals surface area contributed by atoms with Gasteiger partial charge in [-0.25, -0.2) is 0 Å². The first kappa shape index (κ1) is 32.0. The van der Waals surface area contributed by atoms with E-state index in [0.29, 0.717) is 61.1 Å². The summed E-state index contributed by atoms with van der Waals surface area (Å²) in [6.07, 6.45) is 14.7. The van der Waals surface area contributed by atoms with Crippen molar-refractivity contribution in [2.45, 2.75) is 101 Å². The van der Waals surface area contributed by atoms with Crippen molar-refractivity contribution in [3.8, 4) is 0 Å². The standard InChI is InChI=1S/C48H58N4O2/c1-7-13-51-15-11-47-35-19-27(3)29(5)21-37(35)49-43(47)41-33(23-39(47)51)31(25-51)9-17-53-45(41)50-38-22-30(6)28(4)20-36(38)48-12-16-52(14-8-2)26-32-10-18-54-46(49)42(44(48)50)34(32)24-40(48)52/h7-10,19-22,33-34,39-46H,1-2,11-18,23-26H2,3-6H3/q+2/t33-,34-,39-,40-,41+,42+,43-,44-,45+,46+,47+,48+,51?,52?/m0/s1. The Labute approximate surface area is 321 Å². The van der Waals surface area contributed by atoms with Gasteiger partial charge in [-0.15, -0.1) is 0 Å². The molecule has 6 nitrogen and oxygen atoms in total. The lowest BCUT2D eigenvalue weighted by Gasteiger charge is -2.65. The van der Waals surface area contributed by atoms with Gasteiger partial charge in [-0.2, -0.15) is 0 Å². The summed E-state index contributed by atoms with van der Waals surface area (Å²) in [7, 11) is 0. The van der Waals surface area contributed by atoms with E-state index in [1.807, 2.05) is 0 Å². The summed E-state index contributed by atoms with van der Waals surface area (Å²) in [5.74, 6) is 1.73. The first-order valence-electron chi connectivity index (χ1n) is 21.6. The van der Waals surface area contributed by atoms with E-state index in [9.17, 15) is 0 Å². The average molecular weight is 723 g/mol.